The van der Waals surface area contributed by atoms with Gasteiger partial charge in [0.15, 0.2) is 0 Å². The second-order valence-electron chi connectivity index (χ2n) is 4.39. The number of benzene rings is 1. The number of aliphatic hydroxyl groups excluding tert-OH is 1. The van der Waals surface area contributed by atoms with Gasteiger partial charge < -0.3 is 21.1 Å². The van der Waals surface area contributed by atoms with Crippen molar-refractivity contribution in [2.45, 2.75) is 18.6 Å². The van der Waals surface area contributed by atoms with Crippen LogP contribution >= 0.6 is 23.2 Å². The van der Waals surface area contributed by atoms with E-state index < -0.39 is 12.1 Å². The number of anilines is 1. The van der Waals surface area contributed by atoms with Crippen molar-refractivity contribution in [1.29, 1.82) is 0 Å². The lowest BCUT2D eigenvalue weighted by atomic mass is 10.0. The Morgan fingerprint density at radius 2 is 2.21 bits per heavy atom. The minimum atomic E-state index is -0.540. The van der Waals surface area contributed by atoms with E-state index in [1.807, 2.05) is 0 Å². The molecule has 0 spiro atoms. The molecule has 0 unspecified atom stereocenters. The number of carbonyl (C=O) groups is 1. The van der Waals surface area contributed by atoms with Gasteiger partial charge in [-0.05, 0) is 31.2 Å². The van der Waals surface area contributed by atoms with E-state index in [0.29, 0.717) is 28.7 Å². The first-order valence-electron chi connectivity index (χ1n) is 5.97. The smallest absolute Gasteiger partial charge is 0.319 e. The standard InChI is InChI=1S/C12H15Cl2N3O2/c13-7-1-2-8(14)9(5-7)16-12(19)17-10-6-15-4-3-11(10)18/h1-2,5,10-11,15,18H,3-4,6H2,(H2,16,17,19)/t10-,11-/m1/s1. The molecule has 104 valence electrons. The van der Waals surface area contributed by atoms with Gasteiger partial charge in [-0.2, -0.15) is 0 Å². The molecule has 1 saturated heterocycles. The number of hydrogen-bond donors (Lipinski definition) is 4. The van der Waals surface area contributed by atoms with Crippen LogP contribution in [0.2, 0.25) is 10.0 Å². The molecule has 0 aromatic heterocycles. The van der Waals surface area contributed by atoms with Gasteiger partial charge in [0.05, 0.1) is 22.9 Å². The predicted molar refractivity (Wildman–Crippen MR) is 75.9 cm³/mol. The van der Waals surface area contributed by atoms with Gasteiger partial charge in [0.1, 0.15) is 0 Å². The molecule has 1 heterocycles. The van der Waals surface area contributed by atoms with Crippen molar-refractivity contribution in [3.05, 3.63) is 28.2 Å². The molecule has 7 heteroatoms. The third-order valence-corrected chi connectivity index (χ3v) is 3.50. The first-order chi connectivity index (χ1) is 9.06. The van der Waals surface area contributed by atoms with E-state index in [4.69, 9.17) is 23.2 Å². The van der Waals surface area contributed by atoms with Crippen LogP contribution in [-0.4, -0.2) is 36.4 Å². The number of aliphatic hydroxyl groups is 1. The molecule has 2 rings (SSSR count). The molecule has 4 N–H and O–H groups in total. The molecule has 0 bridgehead atoms. The average molecular weight is 304 g/mol. The Labute approximate surface area is 121 Å². The number of hydrogen-bond acceptors (Lipinski definition) is 3. The van der Waals surface area contributed by atoms with Crippen LogP contribution in [0.25, 0.3) is 0 Å². The summed E-state index contributed by atoms with van der Waals surface area (Å²) < 4.78 is 0. The molecule has 1 aliphatic heterocycles. The second kappa shape index (κ2) is 6.43. The van der Waals surface area contributed by atoms with Crippen LogP contribution in [-0.2, 0) is 0 Å². The molecule has 1 aromatic carbocycles. The van der Waals surface area contributed by atoms with Crippen LogP contribution in [0.15, 0.2) is 18.2 Å². The van der Waals surface area contributed by atoms with Crippen molar-refractivity contribution in [1.82, 2.24) is 10.6 Å². The highest BCUT2D eigenvalue weighted by Crippen LogP contribution is 2.25. The molecule has 5 nitrogen and oxygen atoms in total. The molecule has 0 saturated carbocycles. The number of rotatable bonds is 2. The normalized spacial score (nSPS) is 22.9. The van der Waals surface area contributed by atoms with Gasteiger partial charge in [-0.25, -0.2) is 4.79 Å². The fraction of sp³-hybridized carbons (Fsp3) is 0.417. The summed E-state index contributed by atoms with van der Waals surface area (Å²) in [6, 6.07) is 4.08. The quantitative estimate of drug-likeness (QED) is 0.673. The number of carbonyl (C=O) groups excluding carboxylic acids is 1. The van der Waals surface area contributed by atoms with Crippen LogP contribution in [0.1, 0.15) is 6.42 Å². The average Bonchev–Trinajstić information content (AvgIpc) is 2.37. The first-order valence-corrected chi connectivity index (χ1v) is 6.73. The molecule has 1 aliphatic rings. The minimum Gasteiger partial charge on any atom is -0.391 e. The fourth-order valence-corrected chi connectivity index (χ4v) is 2.25. The lowest BCUT2D eigenvalue weighted by molar-refractivity contribution is 0.103. The van der Waals surface area contributed by atoms with E-state index >= 15 is 0 Å². The van der Waals surface area contributed by atoms with Crippen molar-refractivity contribution < 1.29 is 9.90 Å². The van der Waals surface area contributed by atoms with E-state index in [0.717, 1.165) is 6.54 Å². The van der Waals surface area contributed by atoms with Crippen molar-refractivity contribution in [3.63, 3.8) is 0 Å². The molecule has 1 fully saturated rings. The molecular weight excluding hydrogens is 289 g/mol. The summed E-state index contributed by atoms with van der Waals surface area (Å²) in [4.78, 5) is 11.8. The Bertz CT molecular complexity index is 470. The predicted octanol–water partition coefficient (Wildman–Crippen LogP) is 1.84. The van der Waals surface area contributed by atoms with Gasteiger partial charge >= 0.3 is 6.03 Å². The number of nitrogens with one attached hydrogen (secondary N) is 3. The van der Waals surface area contributed by atoms with Crippen LogP contribution in [0.4, 0.5) is 10.5 Å². The van der Waals surface area contributed by atoms with Gasteiger partial charge in [-0.3, -0.25) is 0 Å². The Morgan fingerprint density at radius 1 is 1.42 bits per heavy atom. The highest BCUT2D eigenvalue weighted by Gasteiger charge is 2.24. The highest BCUT2D eigenvalue weighted by molar-refractivity contribution is 6.35. The molecule has 1 aromatic rings. The summed E-state index contributed by atoms with van der Waals surface area (Å²) in [6.07, 6.45) is 0.0740. The summed E-state index contributed by atoms with van der Waals surface area (Å²) in [5.41, 5.74) is 0.435. The zero-order chi connectivity index (χ0) is 13.8. The first kappa shape index (κ1) is 14.4. The molecule has 0 aliphatic carbocycles. The van der Waals surface area contributed by atoms with Crippen LogP contribution in [0.5, 0.6) is 0 Å². The number of halogens is 2. The SMILES string of the molecule is O=C(Nc1cc(Cl)ccc1Cl)N[C@@H]1CNCC[C@H]1O. The van der Waals surface area contributed by atoms with Gasteiger partial charge in [0.2, 0.25) is 0 Å². The van der Waals surface area contributed by atoms with Gasteiger partial charge in [0.25, 0.3) is 0 Å². The maximum Gasteiger partial charge on any atom is 0.319 e. The minimum absolute atomic E-state index is 0.313. The third kappa shape index (κ3) is 3.98. The summed E-state index contributed by atoms with van der Waals surface area (Å²) in [6.45, 7) is 1.29. The summed E-state index contributed by atoms with van der Waals surface area (Å²) in [7, 11) is 0. The summed E-state index contributed by atoms with van der Waals surface area (Å²) in [5, 5.41) is 19.1. The number of urea groups is 1. The Morgan fingerprint density at radius 3 is 2.95 bits per heavy atom. The molecule has 0 radical (unpaired) electrons. The maximum atomic E-state index is 11.8. The lowest BCUT2D eigenvalue weighted by Gasteiger charge is -2.29. The van der Waals surface area contributed by atoms with Crippen molar-refractivity contribution in [2.75, 3.05) is 18.4 Å². The zero-order valence-electron chi connectivity index (χ0n) is 10.1. The van der Waals surface area contributed by atoms with Gasteiger partial charge in [-0.15, -0.1) is 0 Å². The largest absolute Gasteiger partial charge is 0.391 e. The number of amides is 2. The monoisotopic (exact) mass is 303 g/mol. The van der Waals surface area contributed by atoms with Crippen molar-refractivity contribution >= 4 is 34.9 Å². The Hall–Kier alpha value is -1.01. The summed E-state index contributed by atoms with van der Waals surface area (Å²) >= 11 is 11.8. The van der Waals surface area contributed by atoms with Crippen molar-refractivity contribution in [3.8, 4) is 0 Å². The van der Waals surface area contributed by atoms with Crippen LogP contribution in [0.3, 0.4) is 0 Å². The molecular formula is C12H15Cl2N3O2. The van der Waals surface area contributed by atoms with Crippen molar-refractivity contribution in [2.24, 2.45) is 0 Å². The van der Waals surface area contributed by atoms with E-state index in [9.17, 15) is 9.90 Å². The van der Waals surface area contributed by atoms with Crippen LogP contribution in [0, 0.1) is 0 Å². The molecule has 19 heavy (non-hydrogen) atoms. The topological polar surface area (TPSA) is 73.4 Å². The Balaban J connectivity index is 1.95. The summed E-state index contributed by atoms with van der Waals surface area (Å²) in [5.74, 6) is 0. The van der Waals surface area contributed by atoms with E-state index in [2.05, 4.69) is 16.0 Å². The van der Waals surface area contributed by atoms with E-state index in [-0.39, 0.29) is 6.04 Å². The third-order valence-electron chi connectivity index (χ3n) is 2.94. The maximum absolute atomic E-state index is 11.8. The van der Waals surface area contributed by atoms with E-state index in [1.165, 1.54) is 0 Å². The highest BCUT2D eigenvalue weighted by atomic mass is 35.5. The van der Waals surface area contributed by atoms with Crippen LogP contribution < -0.4 is 16.0 Å². The zero-order valence-corrected chi connectivity index (χ0v) is 11.6. The van der Waals surface area contributed by atoms with Gasteiger partial charge in [0, 0.05) is 11.6 Å². The fourth-order valence-electron chi connectivity index (χ4n) is 1.91. The molecule has 2 amide bonds. The Kier molecular flexibility index (Phi) is 4.87. The van der Waals surface area contributed by atoms with Gasteiger partial charge in [-0.1, -0.05) is 23.2 Å². The van der Waals surface area contributed by atoms with E-state index in [1.54, 1.807) is 18.2 Å². The second-order valence-corrected chi connectivity index (χ2v) is 5.23. The lowest BCUT2D eigenvalue weighted by Crippen LogP contribution is -2.54. The number of piperidine rings is 1. The molecule has 2 atom stereocenters.